The predicted octanol–water partition coefficient (Wildman–Crippen LogP) is 5.13. The van der Waals surface area contributed by atoms with Gasteiger partial charge in [-0.2, -0.15) is 18.4 Å². The van der Waals surface area contributed by atoms with Crippen LogP contribution in [0.25, 0.3) is 0 Å². The van der Waals surface area contributed by atoms with E-state index in [1.807, 2.05) is 6.07 Å². The van der Waals surface area contributed by atoms with Crippen LogP contribution in [0.15, 0.2) is 46.9 Å². The smallest absolute Gasteiger partial charge is 0.419 e. The summed E-state index contributed by atoms with van der Waals surface area (Å²) in [4.78, 5) is 0. The van der Waals surface area contributed by atoms with Gasteiger partial charge in [0, 0.05) is 4.47 Å². The zero-order chi connectivity index (χ0) is 14.8. The molecule has 0 saturated carbocycles. The van der Waals surface area contributed by atoms with Crippen LogP contribution in [-0.4, -0.2) is 0 Å². The van der Waals surface area contributed by atoms with Crippen LogP contribution >= 0.6 is 15.9 Å². The Kier molecular flexibility index (Phi) is 4.00. The van der Waals surface area contributed by atoms with Crippen molar-refractivity contribution < 1.29 is 17.9 Å². The Morgan fingerprint density at radius 2 is 1.65 bits per heavy atom. The van der Waals surface area contributed by atoms with E-state index in [4.69, 9.17) is 10.00 Å². The third kappa shape index (κ3) is 2.94. The number of nitriles is 1. The number of halogens is 4. The van der Waals surface area contributed by atoms with Crippen LogP contribution < -0.4 is 4.74 Å². The van der Waals surface area contributed by atoms with Crippen molar-refractivity contribution in [2.75, 3.05) is 0 Å². The molecule has 0 amide bonds. The molecule has 0 aliphatic rings. The number of nitrogens with zero attached hydrogens (tertiary/aromatic N) is 1. The summed E-state index contributed by atoms with van der Waals surface area (Å²) in [6, 6.07) is 11.4. The zero-order valence-electron chi connectivity index (χ0n) is 9.91. The van der Waals surface area contributed by atoms with E-state index in [-0.39, 0.29) is 17.1 Å². The van der Waals surface area contributed by atoms with Crippen LogP contribution in [0.1, 0.15) is 11.1 Å². The Morgan fingerprint density at radius 1 is 1.00 bits per heavy atom. The molecule has 2 nitrogen and oxygen atoms in total. The number of benzene rings is 2. The molecule has 102 valence electrons. The highest BCUT2D eigenvalue weighted by molar-refractivity contribution is 9.10. The number of para-hydroxylation sites is 1. The maximum atomic E-state index is 12.9. The first kappa shape index (κ1) is 14.4. The summed E-state index contributed by atoms with van der Waals surface area (Å²) in [7, 11) is 0. The Hall–Kier alpha value is -2.00. The van der Waals surface area contributed by atoms with Gasteiger partial charge in [0.15, 0.2) is 0 Å². The summed E-state index contributed by atoms with van der Waals surface area (Å²) < 4.78 is 44.3. The molecular weight excluding hydrogens is 335 g/mol. The molecule has 0 fully saturated rings. The van der Waals surface area contributed by atoms with Gasteiger partial charge in [0.25, 0.3) is 0 Å². The molecule has 0 N–H and O–H groups in total. The van der Waals surface area contributed by atoms with Gasteiger partial charge in [-0.15, -0.1) is 0 Å². The molecule has 2 aromatic rings. The van der Waals surface area contributed by atoms with Crippen LogP contribution in [0.2, 0.25) is 0 Å². The lowest BCUT2D eigenvalue weighted by Gasteiger charge is -2.14. The Bertz CT molecular complexity index is 677. The highest BCUT2D eigenvalue weighted by atomic mass is 79.9. The fourth-order valence-corrected chi connectivity index (χ4v) is 2.04. The van der Waals surface area contributed by atoms with Gasteiger partial charge in [0.05, 0.1) is 5.56 Å². The van der Waals surface area contributed by atoms with Crippen molar-refractivity contribution >= 4 is 15.9 Å². The molecule has 0 aromatic heterocycles. The highest BCUT2D eigenvalue weighted by Gasteiger charge is 2.34. The molecule has 0 saturated heterocycles. The van der Waals surface area contributed by atoms with Crippen molar-refractivity contribution in [3.8, 4) is 17.6 Å². The molecule has 0 spiro atoms. The maximum absolute atomic E-state index is 12.9. The van der Waals surface area contributed by atoms with Crippen LogP contribution in [0.4, 0.5) is 13.2 Å². The van der Waals surface area contributed by atoms with E-state index in [1.54, 1.807) is 12.1 Å². The number of hydrogen-bond donors (Lipinski definition) is 0. The minimum Gasteiger partial charge on any atom is -0.455 e. The molecule has 2 aromatic carbocycles. The summed E-state index contributed by atoms with van der Waals surface area (Å²) in [5.74, 6) is -0.270. The molecule has 6 heteroatoms. The Morgan fingerprint density at radius 3 is 2.30 bits per heavy atom. The lowest BCUT2D eigenvalue weighted by molar-refractivity contribution is -0.138. The molecule has 0 aliphatic heterocycles. The molecular formula is C14H7BrF3NO. The van der Waals surface area contributed by atoms with E-state index in [2.05, 4.69) is 15.9 Å². The van der Waals surface area contributed by atoms with E-state index in [0.29, 0.717) is 4.47 Å². The van der Waals surface area contributed by atoms with E-state index < -0.39 is 11.7 Å². The first-order chi connectivity index (χ1) is 9.43. The third-order valence-electron chi connectivity index (χ3n) is 2.50. The molecule has 0 unspecified atom stereocenters. The number of hydrogen-bond acceptors (Lipinski definition) is 2. The van der Waals surface area contributed by atoms with E-state index in [1.165, 1.54) is 24.3 Å². The normalized spacial score (nSPS) is 10.9. The van der Waals surface area contributed by atoms with Crippen molar-refractivity contribution in [2.45, 2.75) is 6.18 Å². The minimum atomic E-state index is -4.52. The van der Waals surface area contributed by atoms with E-state index in [9.17, 15) is 13.2 Å². The summed E-state index contributed by atoms with van der Waals surface area (Å²) in [6.07, 6.45) is -4.52. The predicted molar refractivity (Wildman–Crippen MR) is 70.4 cm³/mol. The van der Waals surface area contributed by atoms with Gasteiger partial charge in [-0.25, -0.2) is 0 Å². The fraction of sp³-hybridized carbons (Fsp3) is 0.0714. The second-order valence-electron chi connectivity index (χ2n) is 3.82. The largest absolute Gasteiger partial charge is 0.455 e. The maximum Gasteiger partial charge on any atom is 0.419 e. The van der Waals surface area contributed by atoms with Crippen molar-refractivity contribution in [3.05, 3.63) is 58.1 Å². The first-order valence-electron chi connectivity index (χ1n) is 5.46. The Labute approximate surface area is 121 Å². The lowest BCUT2D eigenvalue weighted by Crippen LogP contribution is -2.07. The van der Waals surface area contributed by atoms with Crippen LogP contribution in [0, 0.1) is 11.3 Å². The average Bonchev–Trinajstić information content (AvgIpc) is 2.38. The van der Waals surface area contributed by atoms with Gasteiger partial charge in [-0.3, -0.25) is 0 Å². The van der Waals surface area contributed by atoms with Gasteiger partial charge in [-0.1, -0.05) is 18.2 Å². The van der Waals surface area contributed by atoms with Crippen LogP contribution in [0.3, 0.4) is 0 Å². The first-order valence-corrected chi connectivity index (χ1v) is 6.25. The average molecular weight is 342 g/mol. The lowest BCUT2D eigenvalue weighted by atomic mass is 10.2. The van der Waals surface area contributed by atoms with Gasteiger partial charge in [0.2, 0.25) is 0 Å². The van der Waals surface area contributed by atoms with Gasteiger partial charge >= 0.3 is 6.18 Å². The van der Waals surface area contributed by atoms with Crippen molar-refractivity contribution in [2.24, 2.45) is 0 Å². The van der Waals surface area contributed by atoms with E-state index >= 15 is 0 Å². The van der Waals surface area contributed by atoms with Gasteiger partial charge in [-0.05, 0) is 40.2 Å². The summed E-state index contributed by atoms with van der Waals surface area (Å²) in [5.41, 5.74) is -0.742. The highest BCUT2D eigenvalue weighted by Crippen LogP contribution is 2.39. The topological polar surface area (TPSA) is 33.0 Å². The van der Waals surface area contributed by atoms with Crippen LogP contribution in [0.5, 0.6) is 11.5 Å². The fourth-order valence-electron chi connectivity index (χ4n) is 1.61. The van der Waals surface area contributed by atoms with Crippen molar-refractivity contribution in [3.63, 3.8) is 0 Å². The van der Waals surface area contributed by atoms with Gasteiger partial charge in [0.1, 0.15) is 23.1 Å². The number of rotatable bonds is 2. The van der Waals surface area contributed by atoms with Crippen LogP contribution in [-0.2, 0) is 6.18 Å². The molecule has 0 aliphatic carbocycles. The SMILES string of the molecule is N#Cc1c(Br)cccc1Oc1ccccc1C(F)(F)F. The van der Waals surface area contributed by atoms with Crippen molar-refractivity contribution in [1.29, 1.82) is 5.26 Å². The van der Waals surface area contributed by atoms with E-state index in [0.717, 1.165) is 6.07 Å². The zero-order valence-corrected chi connectivity index (χ0v) is 11.5. The Balaban J connectivity index is 2.47. The number of ether oxygens (including phenoxy) is 1. The molecule has 0 heterocycles. The third-order valence-corrected chi connectivity index (χ3v) is 3.16. The second kappa shape index (κ2) is 5.55. The molecule has 20 heavy (non-hydrogen) atoms. The summed E-state index contributed by atoms with van der Waals surface area (Å²) in [6.45, 7) is 0. The molecule has 0 atom stereocenters. The number of alkyl halides is 3. The summed E-state index contributed by atoms with van der Waals surface area (Å²) >= 11 is 3.15. The monoisotopic (exact) mass is 341 g/mol. The molecule has 0 radical (unpaired) electrons. The summed E-state index contributed by atoms with van der Waals surface area (Å²) in [5, 5.41) is 9.02. The minimum absolute atomic E-state index is 0.0681. The quantitative estimate of drug-likeness (QED) is 0.758. The van der Waals surface area contributed by atoms with Crippen molar-refractivity contribution in [1.82, 2.24) is 0 Å². The molecule has 0 bridgehead atoms. The molecule has 2 rings (SSSR count). The second-order valence-corrected chi connectivity index (χ2v) is 4.68. The standard InChI is InChI=1S/C14H7BrF3NO/c15-11-5-3-7-12(9(11)8-19)20-13-6-2-1-4-10(13)14(16,17)18/h1-7H. The van der Waals surface area contributed by atoms with Gasteiger partial charge < -0.3 is 4.74 Å².